The number of rotatable bonds is 6. The van der Waals surface area contributed by atoms with Gasteiger partial charge in [-0.2, -0.15) is 13.2 Å². The first-order valence-corrected chi connectivity index (χ1v) is 6.43. The molecule has 0 bridgehead atoms. The number of nitrogens with zero attached hydrogens (tertiary/aromatic N) is 1. The maximum atomic E-state index is 12.9. The Morgan fingerprint density at radius 2 is 2.05 bits per heavy atom. The summed E-state index contributed by atoms with van der Waals surface area (Å²) in [6, 6.07) is 3.36. The van der Waals surface area contributed by atoms with E-state index in [1.54, 1.807) is 0 Å². The Bertz CT molecular complexity index is 515. The maximum Gasteiger partial charge on any atom is 0.417 e. The molecule has 1 aromatic carbocycles. The number of alkyl halides is 3. The lowest BCUT2D eigenvalue weighted by Crippen LogP contribution is -2.35. The Hall–Kier alpha value is -2.05. The van der Waals surface area contributed by atoms with Gasteiger partial charge < -0.3 is 10.2 Å². The molecule has 0 aromatic heterocycles. The van der Waals surface area contributed by atoms with Crippen molar-refractivity contribution in [3.63, 3.8) is 0 Å². The number of amides is 1. The summed E-state index contributed by atoms with van der Waals surface area (Å²) >= 11 is 0. The Morgan fingerprint density at radius 3 is 2.57 bits per heavy atom. The van der Waals surface area contributed by atoms with Gasteiger partial charge in [-0.05, 0) is 24.6 Å². The normalized spacial score (nSPS) is 11.1. The van der Waals surface area contributed by atoms with Crippen LogP contribution in [0.2, 0.25) is 0 Å². The minimum Gasteiger partial charge on any atom is -0.365 e. The summed E-state index contributed by atoms with van der Waals surface area (Å²) in [6.07, 6.45) is -3.67. The van der Waals surface area contributed by atoms with Crippen molar-refractivity contribution >= 4 is 17.9 Å². The van der Waals surface area contributed by atoms with Crippen molar-refractivity contribution < 1.29 is 22.8 Å². The molecule has 0 aliphatic carbocycles. The molecule has 0 saturated heterocycles. The Morgan fingerprint density at radius 1 is 1.38 bits per heavy atom. The molecule has 0 fully saturated rings. The first-order valence-electron chi connectivity index (χ1n) is 6.43. The van der Waals surface area contributed by atoms with Gasteiger partial charge in [0.2, 0.25) is 5.91 Å². The van der Waals surface area contributed by atoms with E-state index >= 15 is 0 Å². The third kappa shape index (κ3) is 4.77. The van der Waals surface area contributed by atoms with Crippen LogP contribution in [-0.2, 0) is 11.0 Å². The van der Waals surface area contributed by atoms with Crippen LogP contribution < -0.4 is 10.2 Å². The van der Waals surface area contributed by atoms with E-state index in [9.17, 15) is 22.8 Å². The number of hydrogen-bond acceptors (Lipinski definition) is 3. The summed E-state index contributed by atoms with van der Waals surface area (Å²) in [7, 11) is 1.52. The van der Waals surface area contributed by atoms with Gasteiger partial charge in [0.05, 0.1) is 12.1 Å². The smallest absolute Gasteiger partial charge is 0.365 e. The molecule has 0 saturated carbocycles. The molecule has 116 valence electrons. The van der Waals surface area contributed by atoms with Crippen LogP contribution in [0.5, 0.6) is 0 Å². The highest BCUT2D eigenvalue weighted by atomic mass is 19.4. The highest BCUT2D eigenvalue weighted by Crippen LogP contribution is 2.33. The number of halogens is 3. The second kappa shape index (κ2) is 7.10. The lowest BCUT2D eigenvalue weighted by molar-refractivity contribution is -0.137. The van der Waals surface area contributed by atoms with Crippen LogP contribution >= 0.6 is 0 Å². The molecule has 4 nitrogen and oxygen atoms in total. The SMILES string of the molecule is CCCNC(=O)CN(C)c1ccc(C=O)c(C(F)(F)F)c1. The van der Waals surface area contributed by atoms with Crippen LogP contribution in [0.25, 0.3) is 0 Å². The van der Waals surface area contributed by atoms with Gasteiger partial charge in [-0.3, -0.25) is 9.59 Å². The lowest BCUT2D eigenvalue weighted by Gasteiger charge is -2.20. The molecule has 0 spiro atoms. The topological polar surface area (TPSA) is 49.4 Å². The van der Waals surface area contributed by atoms with Crippen molar-refractivity contribution in [2.24, 2.45) is 0 Å². The zero-order valence-corrected chi connectivity index (χ0v) is 11.8. The summed E-state index contributed by atoms with van der Waals surface area (Å²) in [5.74, 6) is -0.271. The molecule has 1 aromatic rings. The van der Waals surface area contributed by atoms with Crippen LogP contribution in [0.3, 0.4) is 0 Å². The van der Waals surface area contributed by atoms with Gasteiger partial charge in [-0.1, -0.05) is 6.92 Å². The zero-order chi connectivity index (χ0) is 16.0. The van der Waals surface area contributed by atoms with Crippen LogP contribution in [0.15, 0.2) is 18.2 Å². The van der Waals surface area contributed by atoms with Gasteiger partial charge in [0.25, 0.3) is 0 Å². The van der Waals surface area contributed by atoms with Crippen LogP contribution in [0.1, 0.15) is 29.3 Å². The van der Waals surface area contributed by atoms with E-state index in [-0.39, 0.29) is 24.4 Å². The molecule has 0 unspecified atom stereocenters. The molecule has 21 heavy (non-hydrogen) atoms. The minimum absolute atomic E-state index is 0.0578. The fourth-order valence-electron chi connectivity index (χ4n) is 1.76. The standard InChI is InChI=1S/C14H17F3N2O2/c1-3-6-18-13(21)8-19(2)11-5-4-10(9-20)12(7-11)14(15,16)17/h4-5,7,9H,3,6,8H2,1-2H3,(H,18,21). The fraction of sp³-hybridized carbons (Fsp3) is 0.429. The first-order chi connectivity index (χ1) is 9.79. The second-order valence-electron chi connectivity index (χ2n) is 4.59. The van der Waals surface area contributed by atoms with Gasteiger partial charge in [-0.25, -0.2) is 0 Å². The summed E-state index contributed by atoms with van der Waals surface area (Å²) in [5, 5.41) is 2.64. The molecular formula is C14H17F3N2O2. The number of aldehydes is 1. The number of benzene rings is 1. The number of hydrogen-bond donors (Lipinski definition) is 1. The van der Waals surface area contributed by atoms with Crippen LogP contribution in [-0.4, -0.2) is 32.3 Å². The molecule has 0 aliphatic heterocycles. The minimum atomic E-state index is -4.61. The zero-order valence-electron chi connectivity index (χ0n) is 11.8. The Balaban J connectivity index is 2.93. The molecule has 0 atom stereocenters. The van der Waals surface area contributed by atoms with E-state index in [2.05, 4.69) is 5.32 Å². The molecule has 7 heteroatoms. The summed E-state index contributed by atoms with van der Waals surface area (Å²) in [4.78, 5) is 23.6. The fourth-order valence-corrected chi connectivity index (χ4v) is 1.76. The van der Waals surface area contributed by atoms with E-state index in [0.29, 0.717) is 6.54 Å². The van der Waals surface area contributed by atoms with Gasteiger partial charge in [0.15, 0.2) is 6.29 Å². The van der Waals surface area contributed by atoms with Gasteiger partial charge in [-0.15, -0.1) is 0 Å². The van der Waals surface area contributed by atoms with Crippen molar-refractivity contribution in [3.05, 3.63) is 29.3 Å². The van der Waals surface area contributed by atoms with E-state index in [0.717, 1.165) is 18.6 Å². The van der Waals surface area contributed by atoms with Crippen molar-refractivity contribution in [3.8, 4) is 0 Å². The van der Waals surface area contributed by atoms with Crippen molar-refractivity contribution in [2.75, 3.05) is 25.0 Å². The molecule has 0 heterocycles. The molecule has 1 N–H and O–H groups in total. The van der Waals surface area contributed by atoms with Crippen molar-refractivity contribution in [1.29, 1.82) is 0 Å². The summed E-state index contributed by atoms with van der Waals surface area (Å²) in [6.45, 7) is 2.36. The van der Waals surface area contributed by atoms with Crippen LogP contribution in [0, 0.1) is 0 Å². The quantitative estimate of drug-likeness (QED) is 0.821. The highest BCUT2D eigenvalue weighted by Gasteiger charge is 2.33. The molecular weight excluding hydrogens is 285 g/mol. The van der Waals surface area contributed by atoms with E-state index in [4.69, 9.17) is 0 Å². The van der Waals surface area contributed by atoms with E-state index in [1.807, 2.05) is 6.92 Å². The van der Waals surface area contributed by atoms with Gasteiger partial charge >= 0.3 is 6.18 Å². The predicted octanol–water partition coefficient (Wildman–Crippen LogP) is 2.48. The third-order valence-corrected chi connectivity index (χ3v) is 2.86. The summed E-state index contributed by atoms with van der Waals surface area (Å²) in [5.41, 5.74) is -1.20. The molecule has 0 aliphatic rings. The number of carbonyl (C=O) groups is 2. The number of carbonyl (C=O) groups excluding carboxylic acids is 2. The molecule has 0 radical (unpaired) electrons. The average molecular weight is 302 g/mol. The lowest BCUT2D eigenvalue weighted by atomic mass is 10.1. The Labute approximate surface area is 120 Å². The van der Waals surface area contributed by atoms with Crippen LogP contribution in [0.4, 0.5) is 18.9 Å². The molecule has 1 rings (SSSR count). The largest absolute Gasteiger partial charge is 0.417 e. The number of nitrogens with one attached hydrogen (secondary N) is 1. The summed E-state index contributed by atoms with van der Waals surface area (Å²) < 4.78 is 38.6. The van der Waals surface area contributed by atoms with E-state index < -0.39 is 17.3 Å². The maximum absolute atomic E-state index is 12.9. The second-order valence-corrected chi connectivity index (χ2v) is 4.59. The van der Waals surface area contributed by atoms with Crippen molar-refractivity contribution in [2.45, 2.75) is 19.5 Å². The monoisotopic (exact) mass is 302 g/mol. The first kappa shape index (κ1) is 17.0. The van der Waals surface area contributed by atoms with Gasteiger partial charge in [0, 0.05) is 24.8 Å². The number of anilines is 1. The molecule has 1 amide bonds. The van der Waals surface area contributed by atoms with Gasteiger partial charge in [0.1, 0.15) is 0 Å². The average Bonchev–Trinajstić information content (AvgIpc) is 2.43. The third-order valence-electron chi connectivity index (χ3n) is 2.86. The predicted molar refractivity (Wildman–Crippen MR) is 73.4 cm³/mol. The van der Waals surface area contributed by atoms with Crippen molar-refractivity contribution in [1.82, 2.24) is 5.32 Å². The highest BCUT2D eigenvalue weighted by molar-refractivity contribution is 5.82. The Kier molecular flexibility index (Phi) is 5.75. The van der Waals surface area contributed by atoms with E-state index in [1.165, 1.54) is 18.0 Å². The number of likely N-dealkylation sites (N-methyl/N-ethyl adjacent to an activating group) is 1.